The van der Waals surface area contributed by atoms with Gasteiger partial charge in [0.15, 0.2) is 0 Å². The molecule has 0 bridgehead atoms. The Morgan fingerprint density at radius 3 is 1.63 bits per heavy atom. The van der Waals surface area contributed by atoms with Crippen LogP contribution in [0.25, 0.3) is 98.4 Å². The van der Waals surface area contributed by atoms with E-state index in [0.717, 1.165) is 72.6 Å². The first kappa shape index (κ1) is 39.3. The minimum atomic E-state index is -2.16. The van der Waals surface area contributed by atoms with Gasteiger partial charge in [-0.15, -0.1) is 21.4 Å². The van der Waals surface area contributed by atoms with Crippen molar-refractivity contribution in [2.75, 3.05) is 0 Å². The molecule has 0 amide bonds. The third-order valence-corrected chi connectivity index (χ3v) is 19.4. The predicted octanol–water partition coefficient (Wildman–Crippen LogP) is 16.6. The van der Waals surface area contributed by atoms with E-state index in [1.807, 2.05) is 11.3 Å². The molecule has 0 radical (unpaired) electrons. The predicted molar refractivity (Wildman–Crippen MR) is 291 cm³/mol. The van der Waals surface area contributed by atoms with Crippen LogP contribution in [0.2, 0.25) is 0 Å². The van der Waals surface area contributed by atoms with Crippen molar-refractivity contribution in [2.45, 2.75) is 19.6 Å². The van der Waals surface area contributed by atoms with E-state index in [-0.39, 0.29) is 0 Å². The SMILES string of the molecule is c1ccc(S(c2ccccc2)(c2ccccc2-c2ccccc2-n2c3ccc(-n4c5ccccc5n5c6ccccc6nc45)cc3n3c4ccccc4nc23)c2cccc3c2sc2ccccc23)cc1. The summed E-state index contributed by atoms with van der Waals surface area (Å²) < 4.78 is 11.9. The molecule has 0 aliphatic carbocycles. The fourth-order valence-electron chi connectivity index (χ4n) is 11.2. The number of rotatable bonds is 7. The highest BCUT2D eigenvalue weighted by Gasteiger charge is 2.38. The number of hydrogen-bond acceptors (Lipinski definition) is 3. The lowest BCUT2D eigenvalue weighted by Crippen LogP contribution is -2.08. The molecule has 0 spiro atoms. The molecule has 5 aromatic heterocycles. The average Bonchev–Trinajstić information content (AvgIpc) is 4.24. The van der Waals surface area contributed by atoms with Gasteiger partial charge >= 0.3 is 0 Å². The van der Waals surface area contributed by atoms with Gasteiger partial charge in [-0.1, -0.05) is 140 Å². The molecule has 0 N–H and O–H groups in total. The maximum atomic E-state index is 5.46. The molecule has 5 heterocycles. The van der Waals surface area contributed by atoms with Crippen LogP contribution in [-0.4, -0.2) is 27.9 Å². The Morgan fingerprint density at radius 1 is 0.357 bits per heavy atom. The molecule has 0 aliphatic heterocycles. The summed E-state index contributed by atoms with van der Waals surface area (Å²) in [7, 11) is -2.16. The van der Waals surface area contributed by atoms with E-state index in [1.165, 1.54) is 45.3 Å². The van der Waals surface area contributed by atoms with Gasteiger partial charge in [-0.05, 0) is 109 Å². The van der Waals surface area contributed by atoms with E-state index in [2.05, 4.69) is 261 Å². The van der Waals surface area contributed by atoms with Crippen LogP contribution in [0, 0.1) is 0 Å². The van der Waals surface area contributed by atoms with Gasteiger partial charge < -0.3 is 0 Å². The fraction of sp³-hybridized carbons (Fsp3) is 0. The molecule has 0 unspecified atom stereocenters. The molecule has 70 heavy (non-hydrogen) atoms. The summed E-state index contributed by atoms with van der Waals surface area (Å²) in [4.78, 5) is 15.9. The zero-order valence-electron chi connectivity index (χ0n) is 37.6. The van der Waals surface area contributed by atoms with Crippen LogP contribution >= 0.6 is 21.4 Å². The molecule has 15 rings (SSSR count). The van der Waals surface area contributed by atoms with Gasteiger partial charge in [-0.2, -0.15) is 0 Å². The van der Waals surface area contributed by atoms with Crippen molar-refractivity contribution in [1.82, 2.24) is 27.9 Å². The quantitative estimate of drug-likeness (QED) is 0.160. The second kappa shape index (κ2) is 15.2. The van der Waals surface area contributed by atoms with Crippen molar-refractivity contribution in [3.05, 3.63) is 243 Å². The minimum Gasteiger partial charge on any atom is -0.278 e. The Hall–Kier alpha value is -8.69. The van der Waals surface area contributed by atoms with E-state index < -0.39 is 10.0 Å². The first-order chi connectivity index (χ1) is 34.8. The molecule has 0 aliphatic rings. The number of aromatic nitrogens is 6. The van der Waals surface area contributed by atoms with Gasteiger partial charge in [-0.25, -0.2) is 9.97 Å². The second-order valence-electron chi connectivity index (χ2n) is 17.8. The highest BCUT2D eigenvalue weighted by Crippen LogP contribution is 2.76. The zero-order chi connectivity index (χ0) is 45.9. The maximum Gasteiger partial charge on any atom is 0.220 e. The van der Waals surface area contributed by atoms with Gasteiger partial charge in [0.2, 0.25) is 11.6 Å². The van der Waals surface area contributed by atoms with Crippen LogP contribution in [0.3, 0.4) is 0 Å². The van der Waals surface area contributed by atoms with E-state index in [1.54, 1.807) is 0 Å². The number of nitrogens with zero attached hydrogens (tertiary/aromatic N) is 6. The Morgan fingerprint density at radius 2 is 0.886 bits per heavy atom. The van der Waals surface area contributed by atoms with Crippen molar-refractivity contribution < 1.29 is 0 Å². The zero-order valence-corrected chi connectivity index (χ0v) is 39.2. The van der Waals surface area contributed by atoms with E-state index in [9.17, 15) is 0 Å². The number of thiophene rings is 1. The lowest BCUT2D eigenvalue weighted by Gasteiger charge is -2.43. The number of benzene rings is 10. The highest BCUT2D eigenvalue weighted by molar-refractivity contribution is 8.34. The molecular weight excluding hydrogens is 893 g/mol. The molecule has 0 fully saturated rings. The maximum absolute atomic E-state index is 5.46. The topological polar surface area (TPSA) is 44.5 Å². The molecule has 8 heteroatoms. The third-order valence-electron chi connectivity index (χ3n) is 14.1. The standard InChI is InChI=1S/C62H40N6S2/c1-3-20-42(21-4-1)70(43-22-5-2-6-23-43,59-37-19-27-47-45-25-8-17-35-57(45)69-60(47)59)58-36-18-9-26-46(58)44-24-7-12-30-50(44)66-55-39-38-41(40-56(55)68-52-32-14-11-29-49(52)64-62(66)68)65-53-33-15-16-34-54(53)67-51-31-13-10-28-48(51)63-61(65)67/h1-40H. The Kier molecular flexibility index (Phi) is 8.51. The van der Waals surface area contributed by atoms with Gasteiger partial charge in [0.1, 0.15) is 0 Å². The molecule has 10 aromatic carbocycles. The summed E-state index contributed by atoms with van der Waals surface area (Å²) in [5.41, 5.74) is 12.8. The Bertz CT molecular complexity index is 4520. The average molecular weight is 933 g/mol. The highest BCUT2D eigenvalue weighted by atomic mass is 32.3. The minimum absolute atomic E-state index is 0.854. The van der Waals surface area contributed by atoms with Gasteiger partial charge in [0.05, 0.1) is 55.5 Å². The van der Waals surface area contributed by atoms with Crippen molar-refractivity contribution in [3.8, 4) is 22.5 Å². The van der Waals surface area contributed by atoms with E-state index in [0.29, 0.717) is 0 Å². The molecule has 0 saturated carbocycles. The largest absolute Gasteiger partial charge is 0.278 e. The third kappa shape index (κ3) is 5.45. The summed E-state index contributed by atoms with van der Waals surface area (Å²) in [6.45, 7) is 0. The van der Waals surface area contributed by atoms with Crippen molar-refractivity contribution in [2.24, 2.45) is 0 Å². The Labute approximate surface area is 407 Å². The number of hydrogen-bond donors (Lipinski definition) is 0. The molecule has 330 valence electrons. The molecule has 6 nitrogen and oxygen atoms in total. The van der Waals surface area contributed by atoms with E-state index in [4.69, 9.17) is 9.97 Å². The first-order valence-corrected chi connectivity index (χ1v) is 26.0. The second-order valence-corrected chi connectivity index (χ2v) is 21.9. The summed E-state index contributed by atoms with van der Waals surface area (Å²) in [6.07, 6.45) is 0. The molecule has 15 aromatic rings. The molecule has 0 atom stereocenters. The normalized spacial score (nSPS) is 12.5. The number of imidazole rings is 4. The summed E-state index contributed by atoms with van der Waals surface area (Å²) in [5, 5.41) is 2.59. The number of para-hydroxylation sites is 7. The summed E-state index contributed by atoms with van der Waals surface area (Å²) in [5.74, 6) is 1.73. The molecular formula is C62H40N6S2. The monoisotopic (exact) mass is 932 g/mol. The van der Waals surface area contributed by atoms with Crippen LogP contribution in [0.5, 0.6) is 0 Å². The van der Waals surface area contributed by atoms with Gasteiger partial charge in [-0.3, -0.25) is 17.9 Å². The molecule has 0 saturated heterocycles. The van der Waals surface area contributed by atoms with Gasteiger partial charge in [0.25, 0.3) is 0 Å². The van der Waals surface area contributed by atoms with Crippen molar-refractivity contribution >= 4 is 97.2 Å². The van der Waals surface area contributed by atoms with E-state index >= 15 is 0 Å². The summed E-state index contributed by atoms with van der Waals surface area (Å²) >= 11 is 1.91. The van der Waals surface area contributed by atoms with Crippen LogP contribution in [0.1, 0.15) is 0 Å². The van der Waals surface area contributed by atoms with Crippen LogP contribution < -0.4 is 0 Å². The van der Waals surface area contributed by atoms with Crippen molar-refractivity contribution in [3.63, 3.8) is 0 Å². The fourth-order valence-corrected chi connectivity index (χ4v) is 16.9. The van der Waals surface area contributed by atoms with Crippen LogP contribution in [-0.2, 0) is 0 Å². The van der Waals surface area contributed by atoms with Crippen LogP contribution in [0.15, 0.2) is 262 Å². The van der Waals surface area contributed by atoms with Crippen LogP contribution in [0.4, 0.5) is 0 Å². The van der Waals surface area contributed by atoms with Crippen molar-refractivity contribution in [1.29, 1.82) is 0 Å². The lowest BCUT2D eigenvalue weighted by molar-refractivity contribution is 1.11. The van der Waals surface area contributed by atoms with Gasteiger partial charge in [0, 0.05) is 45.3 Å². The lowest BCUT2D eigenvalue weighted by atomic mass is 10.0. The smallest absolute Gasteiger partial charge is 0.220 e. The summed E-state index contributed by atoms with van der Waals surface area (Å²) in [6, 6.07) is 88.8. The first-order valence-electron chi connectivity index (χ1n) is 23.6. The number of fused-ring (bicyclic) bond motifs is 13. The Balaban J connectivity index is 1.02.